The lowest BCUT2D eigenvalue weighted by molar-refractivity contribution is -0.115. The summed E-state index contributed by atoms with van der Waals surface area (Å²) < 4.78 is 5.33. The molecule has 6 heteroatoms. The monoisotopic (exact) mass is 239 g/mol. The van der Waals surface area contributed by atoms with E-state index in [0.29, 0.717) is 11.8 Å². The topological polar surface area (TPSA) is 78.9 Å². The predicted molar refractivity (Wildman–Crippen MR) is 57.1 cm³/mol. The van der Waals surface area contributed by atoms with E-state index in [1.54, 1.807) is 6.92 Å². The molecule has 2 rings (SSSR count). The number of amides is 1. The van der Waals surface area contributed by atoms with Gasteiger partial charge in [-0.15, -0.1) is 11.6 Å². The number of oxazole rings is 1. The van der Waals surface area contributed by atoms with Crippen molar-refractivity contribution in [2.45, 2.75) is 31.1 Å². The van der Waals surface area contributed by atoms with Crippen LogP contribution in [0.1, 0.15) is 37.3 Å². The summed E-state index contributed by atoms with van der Waals surface area (Å²) in [5, 5.41) is 10.6. The van der Waals surface area contributed by atoms with Crippen molar-refractivity contribution in [2.75, 3.05) is 5.32 Å². The molecule has 0 aromatic carbocycles. The summed E-state index contributed by atoms with van der Waals surface area (Å²) >= 11 is 5.60. The Kier molecular flexibility index (Phi) is 2.84. The number of anilines is 1. The number of hydrogen-bond acceptors (Lipinski definition) is 4. The van der Waals surface area contributed by atoms with E-state index < -0.39 is 11.3 Å². The number of alkyl halides is 1. The molecule has 0 bridgehead atoms. The first-order chi connectivity index (χ1) is 7.61. The molecule has 1 aromatic heterocycles. The maximum absolute atomic E-state index is 11.3. The molecule has 1 heterocycles. The fourth-order valence-electron chi connectivity index (χ4n) is 1.21. The van der Waals surface area contributed by atoms with Crippen molar-refractivity contribution in [3.8, 4) is 6.07 Å². The van der Waals surface area contributed by atoms with E-state index in [4.69, 9.17) is 21.3 Å². The number of nitrogens with one attached hydrogen (secondary N) is 1. The normalized spacial score (nSPS) is 16.6. The van der Waals surface area contributed by atoms with E-state index >= 15 is 0 Å². The highest BCUT2D eigenvalue weighted by Crippen LogP contribution is 2.40. The summed E-state index contributed by atoms with van der Waals surface area (Å²) in [5.41, 5.74) is 0.104. The van der Waals surface area contributed by atoms with Crippen LogP contribution in [0, 0.1) is 11.3 Å². The Bertz CT molecular complexity index is 457. The molecule has 0 spiro atoms. The zero-order chi connectivity index (χ0) is 11.7. The maximum atomic E-state index is 11.3. The van der Waals surface area contributed by atoms with Crippen molar-refractivity contribution in [3.63, 3.8) is 0 Å². The third-order valence-corrected chi connectivity index (χ3v) is 2.47. The van der Waals surface area contributed by atoms with Gasteiger partial charge in [-0.05, 0) is 19.8 Å². The van der Waals surface area contributed by atoms with Gasteiger partial charge in [0.1, 0.15) is 11.4 Å². The van der Waals surface area contributed by atoms with Crippen molar-refractivity contribution in [2.24, 2.45) is 0 Å². The van der Waals surface area contributed by atoms with Gasteiger partial charge in [0.15, 0.2) is 0 Å². The van der Waals surface area contributed by atoms with Gasteiger partial charge in [-0.25, -0.2) is 4.98 Å². The van der Waals surface area contributed by atoms with Crippen LogP contribution in [0.25, 0.3) is 0 Å². The number of hydrogen-bond donors (Lipinski definition) is 1. The summed E-state index contributed by atoms with van der Waals surface area (Å²) in [5.74, 6) is 0.513. The van der Waals surface area contributed by atoms with Crippen LogP contribution >= 0.6 is 11.6 Å². The van der Waals surface area contributed by atoms with Gasteiger partial charge in [0, 0.05) is 5.92 Å². The van der Waals surface area contributed by atoms with Crippen molar-refractivity contribution >= 4 is 23.4 Å². The quantitative estimate of drug-likeness (QED) is 0.818. The summed E-state index contributed by atoms with van der Waals surface area (Å²) in [4.78, 5) is 15.4. The number of aromatic nitrogens is 1. The molecule has 1 fully saturated rings. The van der Waals surface area contributed by atoms with E-state index in [2.05, 4.69) is 10.3 Å². The SMILES string of the molecule is CC(Cl)C(=O)Nc1oc(C2CC2)nc1C#N. The molecule has 1 N–H and O–H groups in total. The van der Waals surface area contributed by atoms with Crippen LogP contribution in [0.2, 0.25) is 0 Å². The Morgan fingerprint density at radius 3 is 2.94 bits per heavy atom. The van der Waals surface area contributed by atoms with Crippen LogP contribution in [0.4, 0.5) is 5.88 Å². The molecule has 1 amide bonds. The molecule has 0 radical (unpaired) electrons. The van der Waals surface area contributed by atoms with Crippen LogP contribution in [0.15, 0.2) is 4.42 Å². The van der Waals surface area contributed by atoms with E-state index in [0.717, 1.165) is 12.8 Å². The Morgan fingerprint density at radius 1 is 1.75 bits per heavy atom. The highest BCUT2D eigenvalue weighted by molar-refractivity contribution is 6.32. The second-order valence-electron chi connectivity index (χ2n) is 3.72. The van der Waals surface area contributed by atoms with Crippen molar-refractivity contribution in [3.05, 3.63) is 11.6 Å². The summed E-state index contributed by atoms with van der Waals surface area (Å²) in [6.45, 7) is 1.54. The number of rotatable bonds is 3. The Hall–Kier alpha value is -1.54. The first-order valence-electron chi connectivity index (χ1n) is 4.97. The molecule has 1 atom stereocenters. The number of carbonyl (C=O) groups excluding carboxylic acids is 1. The molecule has 0 aliphatic heterocycles. The van der Waals surface area contributed by atoms with Gasteiger partial charge < -0.3 is 4.42 Å². The summed E-state index contributed by atoms with van der Waals surface area (Å²) in [6, 6.07) is 1.88. The van der Waals surface area contributed by atoms with Gasteiger partial charge >= 0.3 is 0 Å². The van der Waals surface area contributed by atoms with Crippen LogP contribution < -0.4 is 5.32 Å². The van der Waals surface area contributed by atoms with E-state index in [1.807, 2.05) is 6.07 Å². The lowest BCUT2D eigenvalue weighted by Gasteiger charge is -2.02. The average Bonchev–Trinajstić information content (AvgIpc) is 3.01. The van der Waals surface area contributed by atoms with Gasteiger partial charge in [0.2, 0.25) is 23.4 Å². The van der Waals surface area contributed by atoms with Crippen LogP contribution in [-0.2, 0) is 4.79 Å². The number of nitriles is 1. The van der Waals surface area contributed by atoms with Gasteiger partial charge in [-0.1, -0.05) is 0 Å². The van der Waals surface area contributed by atoms with Crippen molar-refractivity contribution in [1.29, 1.82) is 5.26 Å². The Labute approximate surface area is 97.4 Å². The van der Waals surface area contributed by atoms with Gasteiger partial charge in [-0.2, -0.15) is 5.26 Å². The number of halogens is 1. The fourth-order valence-corrected chi connectivity index (χ4v) is 1.27. The first kappa shape index (κ1) is 11.0. The molecular formula is C10H10ClN3O2. The third kappa shape index (κ3) is 2.17. The lowest BCUT2D eigenvalue weighted by Crippen LogP contribution is -2.20. The zero-order valence-electron chi connectivity index (χ0n) is 8.66. The Balaban J connectivity index is 2.19. The minimum absolute atomic E-state index is 0.0990. The zero-order valence-corrected chi connectivity index (χ0v) is 9.41. The minimum Gasteiger partial charge on any atom is -0.423 e. The van der Waals surface area contributed by atoms with E-state index in [-0.39, 0.29) is 11.6 Å². The lowest BCUT2D eigenvalue weighted by atomic mass is 10.4. The fraction of sp³-hybridized carbons (Fsp3) is 0.500. The predicted octanol–water partition coefficient (Wildman–Crippen LogP) is 1.99. The second-order valence-corrected chi connectivity index (χ2v) is 4.38. The molecule has 16 heavy (non-hydrogen) atoms. The molecule has 1 aliphatic rings. The smallest absolute Gasteiger partial charge is 0.244 e. The van der Waals surface area contributed by atoms with E-state index in [9.17, 15) is 4.79 Å². The summed E-state index contributed by atoms with van der Waals surface area (Å²) in [6.07, 6.45) is 2.04. The molecule has 1 aromatic rings. The van der Waals surface area contributed by atoms with Crippen molar-refractivity contribution in [1.82, 2.24) is 4.98 Å². The van der Waals surface area contributed by atoms with Gasteiger partial charge in [0.05, 0.1) is 0 Å². The average molecular weight is 240 g/mol. The molecule has 84 valence electrons. The number of carbonyl (C=O) groups is 1. The highest BCUT2D eigenvalue weighted by atomic mass is 35.5. The molecule has 0 saturated heterocycles. The molecule has 1 saturated carbocycles. The van der Waals surface area contributed by atoms with Crippen LogP contribution in [0.3, 0.4) is 0 Å². The van der Waals surface area contributed by atoms with Crippen molar-refractivity contribution < 1.29 is 9.21 Å². The third-order valence-electron chi connectivity index (χ3n) is 2.27. The minimum atomic E-state index is -0.680. The molecule has 1 unspecified atom stereocenters. The van der Waals surface area contributed by atoms with Gasteiger partial charge in [0.25, 0.3) is 0 Å². The van der Waals surface area contributed by atoms with Crippen LogP contribution in [-0.4, -0.2) is 16.3 Å². The van der Waals surface area contributed by atoms with E-state index in [1.165, 1.54) is 0 Å². The molecule has 1 aliphatic carbocycles. The number of nitrogens with zero attached hydrogens (tertiary/aromatic N) is 2. The van der Waals surface area contributed by atoms with Crippen LogP contribution in [0.5, 0.6) is 0 Å². The van der Waals surface area contributed by atoms with Gasteiger partial charge in [-0.3, -0.25) is 10.1 Å². The maximum Gasteiger partial charge on any atom is 0.244 e. The molecular weight excluding hydrogens is 230 g/mol. The summed E-state index contributed by atoms with van der Waals surface area (Å²) in [7, 11) is 0. The Morgan fingerprint density at radius 2 is 2.44 bits per heavy atom. The largest absolute Gasteiger partial charge is 0.423 e. The first-order valence-corrected chi connectivity index (χ1v) is 5.41. The highest BCUT2D eigenvalue weighted by Gasteiger charge is 2.30. The molecule has 5 nitrogen and oxygen atoms in total. The standard InChI is InChI=1S/C10H10ClN3O2/c1-5(11)8(15)14-10-7(4-12)13-9(16-10)6-2-3-6/h5-6H,2-3H2,1H3,(H,14,15). The second kappa shape index (κ2) is 4.14.